The average molecular weight is 427 g/mol. The molecule has 0 aliphatic carbocycles. The van der Waals surface area contributed by atoms with Crippen molar-refractivity contribution in [2.45, 2.75) is 25.9 Å². The summed E-state index contributed by atoms with van der Waals surface area (Å²) in [6.45, 7) is 8.14. The van der Waals surface area contributed by atoms with Crippen molar-refractivity contribution in [1.29, 1.82) is 0 Å². The largest absolute Gasteiger partial charge is 0.339 e. The van der Waals surface area contributed by atoms with Gasteiger partial charge in [0.2, 0.25) is 5.91 Å². The van der Waals surface area contributed by atoms with Gasteiger partial charge in [0.1, 0.15) is 5.01 Å². The van der Waals surface area contributed by atoms with Crippen LogP contribution in [-0.4, -0.2) is 64.9 Å². The Labute approximate surface area is 179 Å². The molecule has 7 heteroatoms. The van der Waals surface area contributed by atoms with Crippen LogP contribution in [0.5, 0.6) is 0 Å². The van der Waals surface area contributed by atoms with Crippen LogP contribution in [0, 0.1) is 0 Å². The molecule has 5 rings (SSSR count). The van der Waals surface area contributed by atoms with Crippen molar-refractivity contribution in [2.24, 2.45) is 0 Å². The molecule has 4 heterocycles. The van der Waals surface area contributed by atoms with E-state index in [1.165, 1.54) is 20.1 Å². The SMILES string of the molecule is CC(c1nc2ccccc2s1)N1CCN(C(=O)CN2CCc3sccc3C2)CC1. The van der Waals surface area contributed by atoms with Gasteiger partial charge in [-0.3, -0.25) is 14.6 Å². The second-order valence-electron chi connectivity index (χ2n) is 7.94. The quantitative estimate of drug-likeness (QED) is 0.639. The topological polar surface area (TPSA) is 39.7 Å². The van der Waals surface area contributed by atoms with Crippen molar-refractivity contribution in [3.05, 3.63) is 51.2 Å². The first kappa shape index (κ1) is 19.2. The lowest BCUT2D eigenvalue weighted by atomic mass is 10.1. The second-order valence-corrected chi connectivity index (χ2v) is 10.0. The summed E-state index contributed by atoms with van der Waals surface area (Å²) >= 11 is 3.63. The van der Waals surface area contributed by atoms with Crippen LogP contribution in [0.3, 0.4) is 0 Å². The highest BCUT2D eigenvalue weighted by molar-refractivity contribution is 7.18. The number of piperazine rings is 1. The first-order valence-corrected chi connectivity index (χ1v) is 12.0. The van der Waals surface area contributed by atoms with Gasteiger partial charge in [-0.15, -0.1) is 22.7 Å². The summed E-state index contributed by atoms with van der Waals surface area (Å²) < 4.78 is 1.25. The Kier molecular flexibility index (Phi) is 5.39. The monoisotopic (exact) mass is 426 g/mol. The van der Waals surface area contributed by atoms with Crippen molar-refractivity contribution < 1.29 is 4.79 Å². The highest BCUT2D eigenvalue weighted by atomic mass is 32.1. The normalized spacial score (nSPS) is 19.4. The van der Waals surface area contributed by atoms with E-state index in [1.807, 2.05) is 22.3 Å². The highest BCUT2D eigenvalue weighted by Gasteiger charge is 2.28. The summed E-state index contributed by atoms with van der Waals surface area (Å²) in [5.74, 6) is 0.274. The molecule has 1 fully saturated rings. The van der Waals surface area contributed by atoms with Gasteiger partial charge in [-0.25, -0.2) is 4.98 Å². The fourth-order valence-corrected chi connectivity index (χ4v) is 6.26. The van der Waals surface area contributed by atoms with Crippen LogP contribution in [0.4, 0.5) is 0 Å². The minimum absolute atomic E-state index is 0.274. The molecule has 1 aromatic carbocycles. The van der Waals surface area contributed by atoms with E-state index in [0.717, 1.165) is 51.2 Å². The second kappa shape index (κ2) is 8.14. The molecule has 0 bridgehead atoms. The van der Waals surface area contributed by atoms with E-state index in [4.69, 9.17) is 4.98 Å². The minimum atomic E-state index is 0.274. The summed E-state index contributed by atoms with van der Waals surface area (Å²) in [7, 11) is 0. The fourth-order valence-electron chi connectivity index (χ4n) is 4.32. The number of para-hydroxylation sites is 1. The smallest absolute Gasteiger partial charge is 0.236 e. The molecule has 0 saturated carbocycles. The van der Waals surface area contributed by atoms with Gasteiger partial charge in [-0.2, -0.15) is 0 Å². The molecule has 1 saturated heterocycles. The van der Waals surface area contributed by atoms with Crippen LogP contribution in [0.2, 0.25) is 0 Å². The van der Waals surface area contributed by atoms with Gasteiger partial charge >= 0.3 is 0 Å². The number of thiazole rings is 1. The fraction of sp³-hybridized carbons (Fsp3) is 0.455. The molecular weight excluding hydrogens is 400 g/mol. The van der Waals surface area contributed by atoms with E-state index >= 15 is 0 Å². The third-order valence-corrected chi connectivity index (χ3v) is 8.36. The molecule has 3 aromatic rings. The number of amides is 1. The van der Waals surface area contributed by atoms with Crippen LogP contribution in [0.25, 0.3) is 10.2 Å². The van der Waals surface area contributed by atoms with E-state index in [2.05, 4.69) is 46.4 Å². The summed E-state index contributed by atoms with van der Waals surface area (Å²) in [5, 5.41) is 3.34. The number of thiophene rings is 1. The maximum Gasteiger partial charge on any atom is 0.236 e. The Hall–Kier alpha value is -1.80. The number of benzene rings is 1. The van der Waals surface area contributed by atoms with Crippen molar-refractivity contribution in [2.75, 3.05) is 39.3 Å². The van der Waals surface area contributed by atoms with Crippen molar-refractivity contribution in [3.63, 3.8) is 0 Å². The molecule has 1 unspecified atom stereocenters. The van der Waals surface area contributed by atoms with E-state index in [9.17, 15) is 4.79 Å². The predicted octanol–water partition coefficient (Wildman–Crippen LogP) is 3.62. The molecule has 1 atom stereocenters. The lowest BCUT2D eigenvalue weighted by Crippen LogP contribution is -2.51. The zero-order chi connectivity index (χ0) is 19.8. The van der Waals surface area contributed by atoms with Gasteiger partial charge in [0.25, 0.3) is 0 Å². The molecule has 1 amide bonds. The van der Waals surface area contributed by atoms with Gasteiger partial charge < -0.3 is 4.90 Å². The minimum Gasteiger partial charge on any atom is -0.339 e. The molecule has 152 valence electrons. The number of aromatic nitrogens is 1. The Balaban J connectivity index is 1.15. The highest BCUT2D eigenvalue weighted by Crippen LogP contribution is 2.30. The lowest BCUT2D eigenvalue weighted by molar-refractivity contribution is -0.134. The van der Waals surface area contributed by atoms with Gasteiger partial charge in [0, 0.05) is 44.1 Å². The first-order valence-electron chi connectivity index (χ1n) is 10.3. The molecule has 29 heavy (non-hydrogen) atoms. The molecule has 0 spiro atoms. The van der Waals surface area contributed by atoms with E-state index in [-0.39, 0.29) is 5.91 Å². The molecule has 0 N–H and O–H groups in total. The van der Waals surface area contributed by atoms with Gasteiger partial charge in [0.05, 0.1) is 22.8 Å². The Bertz CT molecular complexity index is 972. The summed E-state index contributed by atoms with van der Waals surface area (Å²) in [5.41, 5.74) is 2.49. The number of carbonyl (C=O) groups is 1. The van der Waals surface area contributed by atoms with E-state index < -0.39 is 0 Å². The van der Waals surface area contributed by atoms with E-state index in [1.54, 1.807) is 11.3 Å². The summed E-state index contributed by atoms with van der Waals surface area (Å²) in [6.07, 6.45) is 1.08. The van der Waals surface area contributed by atoms with Crippen LogP contribution in [-0.2, 0) is 17.8 Å². The Morgan fingerprint density at radius 3 is 2.79 bits per heavy atom. The maximum atomic E-state index is 12.8. The van der Waals surface area contributed by atoms with Gasteiger partial charge in [-0.05, 0) is 42.5 Å². The zero-order valence-corrected chi connectivity index (χ0v) is 18.3. The van der Waals surface area contributed by atoms with Gasteiger partial charge in [-0.1, -0.05) is 12.1 Å². The molecule has 2 aliphatic heterocycles. The van der Waals surface area contributed by atoms with Crippen LogP contribution >= 0.6 is 22.7 Å². The number of rotatable bonds is 4. The molecule has 5 nitrogen and oxygen atoms in total. The van der Waals surface area contributed by atoms with Crippen LogP contribution in [0.15, 0.2) is 35.7 Å². The van der Waals surface area contributed by atoms with Crippen molar-refractivity contribution in [3.8, 4) is 0 Å². The van der Waals surface area contributed by atoms with E-state index in [0.29, 0.717) is 12.6 Å². The van der Waals surface area contributed by atoms with Crippen LogP contribution in [0.1, 0.15) is 28.4 Å². The van der Waals surface area contributed by atoms with Crippen LogP contribution < -0.4 is 0 Å². The predicted molar refractivity (Wildman–Crippen MR) is 119 cm³/mol. The first-order chi connectivity index (χ1) is 14.2. The maximum absolute atomic E-state index is 12.8. The third-order valence-electron chi connectivity index (χ3n) is 6.13. The number of carbonyl (C=O) groups excluding carboxylic acids is 1. The Morgan fingerprint density at radius 2 is 1.97 bits per heavy atom. The Morgan fingerprint density at radius 1 is 1.14 bits per heavy atom. The third kappa shape index (κ3) is 3.97. The number of hydrogen-bond acceptors (Lipinski definition) is 6. The zero-order valence-electron chi connectivity index (χ0n) is 16.7. The number of hydrogen-bond donors (Lipinski definition) is 0. The van der Waals surface area contributed by atoms with Crippen molar-refractivity contribution >= 4 is 38.8 Å². The molecule has 2 aliphatic rings. The molecule has 2 aromatic heterocycles. The summed E-state index contributed by atoms with van der Waals surface area (Å²) in [6, 6.07) is 10.8. The number of fused-ring (bicyclic) bond motifs is 2. The summed E-state index contributed by atoms with van der Waals surface area (Å²) in [4.78, 5) is 26.0. The molecule has 0 radical (unpaired) electrons. The average Bonchev–Trinajstić information content (AvgIpc) is 3.39. The molecular formula is C22H26N4OS2. The van der Waals surface area contributed by atoms with Gasteiger partial charge in [0.15, 0.2) is 0 Å². The lowest BCUT2D eigenvalue weighted by Gasteiger charge is -2.38. The number of nitrogens with zero attached hydrogens (tertiary/aromatic N) is 4. The van der Waals surface area contributed by atoms with Crippen molar-refractivity contribution in [1.82, 2.24) is 19.7 Å². The standard InChI is InChI=1S/C22H26N4OS2/c1-16(22-23-18-4-2-3-5-20(18)29-22)25-9-11-26(12-10-25)21(27)15-24-8-6-19-17(14-24)7-13-28-19/h2-5,7,13,16H,6,8-12,14-15H2,1H3.